The smallest absolute Gasteiger partial charge is 0.0840 e. The Hall–Kier alpha value is -1.88. The highest BCUT2D eigenvalue weighted by Crippen LogP contribution is 2.24. The summed E-state index contributed by atoms with van der Waals surface area (Å²) < 4.78 is 0. The van der Waals surface area contributed by atoms with Gasteiger partial charge in [0.2, 0.25) is 0 Å². The fourth-order valence-electron chi connectivity index (χ4n) is 3.55. The molecule has 1 aliphatic carbocycles. The van der Waals surface area contributed by atoms with Gasteiger partial charge in [0.05, 0.1) is 19.0 Å². The number of hydrogen-bond acceptors (Lipinski definition) is 3. The Labute approximate surface area is 234 Å². The van der Waals surface area contributed by atoms with Crippen molar-refractivity contribution >= 4 is 17.9 Å². The van der Waals surface area contributed by atoms with Gasteiger partial charge < -0.3 is 16.4 Å². The molecule has 2 aromatic rings. The zero-order valence-electron chi connectivity index (χ0n) is 25.1. The molecule has 0 aromatic heterocycles. The minimum Gasteiger partial charge on any atom is -0.361 e. The Kier molecular flexibility index (Phi) is 27.4. The summed E-state index contributed by atoms with van der Waals surface area (Å²) in [5.74, 6) is 0.584. The monoisotopic (exact) mass is 532 g/mol. The van der Waals surface area contributed by atoms with Crippen molar-refractivity contribution in [1.82, 2.24) is 10.6 Å². The molecule has 0 heterocycles. The van der Waals surface area contributed by atoms with Crippen LogP contribution in [-0.2, 0) is 6.54 Å². The lowest BCUT2D eigenvalue weighted by Gasteiger charge is -2.27. The van der Waals surface area contributed by atoms with E-state index in [1.54, 1.807) is 6.34 Å². The molecule has 37 heavy (non-hydrogen) atoms. The van der Waals surface area contributed by atoms with Crippen LogP contribution >= 0.6 is 11.6 Å². The van der Waals surface area contributed by atoms with Gasteiger partial charge in [-0.3, -0.25) is 4.99 Å². The van der Waals surface area contributed by atoms with E-state index in [0.29, 0.717) is 12.5 Å². The number of nitrogens with one attached hydrogen (secondary N) is 2. The van der Waals surface area contributed by atoms with Crippen LogP contribution in [0.3, 0.4) is 0 Å². The van der Waals surface area contributed by atoms with E-state index in [2.05, 4.69) is 67.6 Å². The van der Waals surface area contributed by atoms with Gasteiger partial charge in [-0.2, -0.15) is 0 Å². The van der Waals surface area contributed by atoms with Crippen molar-refractivity contribution in [3.63, 3.8) is 0 Å². The summed E-state index contributed by atoms with van der Waals surface area (Å²) in [7, 11) is 3.75. The summed E-state index contributed by atoms with van der Waals surface area (Å²) in [4.78, 5) is 4.34. The first-order valence-electron chi connectivity index (χ1n) is 14.2. The van der Waals surface area contributed by atoms with Crippen molar-refractivity contribution in [2.45, 2.75) is 106 Å². The first-order valence-corrected chi connectivity index (χ1v) is 14.6. The number of halogens is 1. The van der Waals surface area contributed by atoms with Gasteiger partial charge in [0.1, 0.15) is 0 Å². The third-order valence-electron chi connectivity index (χ3n) is 5.87. The Morgan fingerprint density at radius 1 is 0.919 bits per heavy atom. The number of nitrogens with zero attached hydrogens (tertiary/aromatic N) is 1. The molecule has 0 aliphatic heterocycles. The number of benzene rings is 2. The summed E-state index contributed by atoms with van der Waals surface area (Å²) in [6, 6.07) is 16.1. The Morgan fingerprint density at radius 3 is 1.84 bits per heavy atom. The molecule has 4 N–H and O–H groups in total. The minimum atomic E-state index is 0.0234. The molecule has 0 spiro atoms. The molecule has 0 radical (unpaired) electrons. The molecule has 5 heteroatoms. The molecule has 2 aromatic carbocycles. The molecule has 1 fully saturated rings. The average Bonchev–Trinajstić information content (AvgIpc) is 2.92. The second-order valence-corrected chi connectivity index (χ2v) is 9.50. The van der Waals surface area contributed by atoms with Crippen LogP contribution in [0.25, 0.3) is 0 Å². The molecule has 0 saturated heterocycles. The fraction of sp³-hybridized carbons (Fsp3) is 0.594. The van der Waals surface area contributed by atoms with E-state index in [0.717, 1.165) is 10.6 Å². The topological polar surface area (TPSA) is 62.4 Å². The molecule has 3 rings (SSSR count). The number of unbranched alkanes of at least 4 members (excludes halogenated alkanes) is 2. The molecule has 1 aliphatic rings. The third-order valence-corrected chi connectivity index (χ3v) is 6.24. The molecule has 1 unspecified atom stereocenters. The van der Waals surface area contributed by atoms with E-state index >= 15 is 0 Å². The SMILES string of the molecule is CC.CCCCC.CNC.Cc1ccccc1C.NC(NC=NCc1ccccc1Cl)C1CCCCC1. The van der Waals surface area contributed by atoms with Crippen molar-refractivity contribution < 1.29 is 0 Å². The fourth-order valence-corrected chi connectivity index (χ4v) is 3.75. The van der Waals surface area contributed by atoms with Crippen LogP contribution < -0.4 is 16.4 Å². The highest BCUT2D eigenvalue weighted by atomic mass is 35.5. The predicted molar refractivity (Wildman–Crippen MR) is 169 cm³/mol. The summed E-state index contributed by atoms with van der Waals surface area (Å²) in [6.07, 6.45) is 12.2. The first-order chi connectivity index (χ1) is 17.9. The second-order valence-electron chi connectivity index (χ2n) is 9.09. The van der Waals surface area contributed by atoms with Gasteiger partial charge in [0.25, 0.3) is 0 Å². The van der Waals surface area contributed by atoms with E-state index in [-0.39, 0.29) is 6.17 Å². The molecule has 0 amide bonds. The Morgan fingerprint density at radius 2 is 1.41 bits per heavy atom. The first kappa shape index (κ1) is 37.3. The van der Waals surface area contributed by atoms with Gasteiger partial charge in [-0.15, -0.1) is 0 Å². The molecular formula is C32H57ClN4. The normalized spacial score (nSPS) is 13.4. The number of nitrogens with two attached hydrogens (primary N) is 1. The van der Waals surface area contributed by atoms with Gasteiger partial charge in [0.15, 0.2) is 0 Å². The van der Waals surface area contributed by atoms with Gasteiger partial charge in [-0.05, 0) is 69.5 Å². The number of aliphatic imine (C=N–C) groups is 1. The van der Waals surface area contributed by atoms with E-state index in [1.165, 1.54) is 62.5 Å². The molecule has 1 saturated carbocycles. The Bertz CT molecular complexity index is 750. The lowest BCUT2D eigenvalue weighted by atomic mass is 9.87. The van der Waals surface area contributed by atoms with Crippen LogP contribution in [0.4, 0.5) is 0 Å². The van der Waals surface area contributed by atoms with Crippen molar-refractivity contribution in [3.05, 3.63) is 70.2 Å². The number of rotatable bonds is 7. The van der Waals surface area contributed by atoms with Gasteiger partial charge in [0, 0.05) is 5.02 Å². The van der Waals surface area contributed by atoms with E-state index in [9.17, 15) is 0 Å². The molecule has 4 nitrogen and oxygen atoms in total. The van der Waals surface area contributed by atoms with Crippen LogP contribution in [0.5, 0.6) is 0 Å². The highest BCUT2D eigenvalue weighted by Gasteiger charge is 2.19. The minimum absolute atomic E-state index is 0.0234. The van der Waals surface area contributed by atoms with Crippen molar-refractivity contribution in [3.8, 4) is 0 Å². The summed E-state index contributed by atoms with van der Waals surface area (Å²) >= 11 is 6.07. The standard InChI is InChI=1S/C15H22ClN3.C8H10.C5H12.C2H7N.C2H6/c16-14-9-5-4-8-13(14)10-18-11-19-15(17)12-6-2-1-3-7-12;1-7-5-3-4-6-8(7)2;1-3-5-4-2;1-3-2;1-2/h4-5,8-9,11-12,15H,1-3,6-7,10,17H2,(H,18,19);3-6H,1-2H3;3-5H2,1-2H3;3H,1-2H3;1-2H3. The van der Waals surface area contributed by atoms with E-state index in [1.807, 2.05) is 52.2 Å². The van der Waals surface area contributed by atoms with E-state index < -0.39 is 0 Å². The van der Waals surface area contributed by atoms with Crippen LogP contribution in [-0.4, -0.2) is 26.6 Å². The van der Waals surface area contributed by atoms with Gasteiger partial charge in [-0.25, -0.2) is 0 Å². The molecule has 0 bridgehead atoms. The maximum atomic E-state index is 6.13. The van der Waals surface area contributed by atoms with Gasteiger partial charge in [-0.1, -0.05) is 120 Å². The highest BCUT2D eigenvalue weighted by molar-refractivity contribution is 6.31. The number of aryl methyl sites for hydroxylation is 2. The largest absolute Gasteiger partial charge is 0.361 e. The summed E-state index contributed by atoms with van der Waals surface area (Å²) in [5.41, 5.74) is 9.90. The van der Waals surface area contributed by atoms with Crippen LogP contribution in [0.15, 0.2) is 53.5 Å². The zero-order chi connectivity index (χ0) is 28.3. The van der Waals surface area contributed by atoms with Crippen molar-refractivity contribution in [2.75, 3.05) is 14.1 Å². The van der Waals surface area contributed by atoms with Gasteiger partial charge >= 0.3 is 0 Å². The number of hydrogen-bond donors (Lipinski definition) is 3. The summed E-state index contributed by atoms with van der Waals surface area (Å²) in [5, 5.41) is 6.70. The van der Waals surface area contributed by atoms with Crippen molar-refractivity contribution in [1.29, 1.82) is 0 Å². The maximum absolute atomic E-state index is 6.13. The maximum Gasteiger partial charge on any atom is 0.0840 e. The van der Waals surface area contributed by atoms with Crippen LogP contribution in [0.2, 0.25) is 5.02 Å². The lowest BCUT2D eigenvalue weighted by Crippen LogP contribution is -2.43. The summed E-state index contributed by atoms with van der Waals surface area (Å²) in [6.45, 7) is 13.3. The zero-order valence-corrected chi connectivity index (χ0v) is 25.9. The quantitative estimate of drug-likeness (QED) is 0.190. The molecule has 212 valence electrons. The van der Waals surface area contributed by atoms with Crippen LogP contribution in [0.1, 0.15) is 95.8 Å². The molecular weight excluding hydrogens is 476 g/mol. The Balaban J connectivity index is 0. The van der Waals surface area contributed by atoms with Crippen molar-refractivity contribution in [2.24, 2.45) is 16.6 Å². The van der Waals surface area contributed by atoms with E-state index in [4.69, 9.17) is 17.3 Å². The van der Waals surface area contributed by atoms with Crippen LogP contribution in [0, 0.1) is 19.8 Å². The average molecular weight is 533 g/mol. The lowest BCUT2D eigenvalue weighted by molar-refractivity contribution is 0.294. The predicted octanol–water partition coefficient (Wildman–Crippen LogP) is 8.68. The third kappa shape index (κ3) is 20.8. The molecule has 1 atom stereocenters. The second kappa shape index (κ2) is 27.2.